The monoisotopic (exact) mass is 392 g/mol. The predicted octanol–water partition coefficient (Wildman–Crippen LogP) is 3.82. The summed E-state index contributed by atoms with van der Waals surface area (Å²) in [7, 11) is 0. The zero-order valence-electron chi connectivity index (χ0n) is 11.9. The van der Waals surface area contributed by atoms with Gasteiger partial charge in [-0.25, -0.2) is 4.79 Å². The van der Waals surface area contributed by atoms with Crippen LogP contribution in [0, 0.1) is 20.2 Å². The molecule has 0 fully saturated rings. The van der Waals surface area contributed by atoms with Gasteiger partial charge in [0.2, 0.25) is 6.20 Å². The molecular weight excluding hydrogens is 384 g/mol. The molecule has 0 aliphatic rings. The number of nitro benzene ring substituents is 1. The molecule has 0 unspecified atom stereocenters. The van der Waals surface area contributed by atoms with Gasteiger partial charge in [0, 0.05) is 28.2 Å². The maximum atomic E-state index is 12.1. The van der Waals surface area contributed by atoms with Crippen molar-refractivity contribution in [2.24, 2.45) is 0 Å². The summed E-state index contributed by atoms with van der Waals surface area (Å²) in [4.78, 5) is 31.9. The first-order valence-electron chi connectivity index (χ1n) is 6.44. The molecule has 8 nitrogen and oxygen atoms in total. The number of carbonyl (C=O) groups is 1. The molecule has 0 spiro atoms. The Morgan fingerprint density at radius 3 is 2.33 bits per heavy atom. The minimum absolute atomic E-state index is 0.118. The van der Waals surface area contributed by atoms with Crippen molar-refractivity contribution in [2.75, 3.05) is 0 Å². The summed E-state index contributed by atoms with van der Waals surface area (Å²) in [6.07, 6.45) is 1.92. The number of non-ortho nitro benzene ring substituents is 1. The van der Waals surface area contributed by atoms with Crippen molar-refractivity contribution >= 4 is 33.7 Å². The molecule has 0 radical (unpaired) electrons. The number of benzene rings is 2. The smallest absolute Gasteiger partial charge is 0.343 e. The number of hydrogen-bond acceptors (Lipinski definition) is 6. The maximum absolute atomic E-state index is 12.1. The van der Waals surface area contributed by atoms with Gasteiger partial charge in [-0.05, 0) is 30.3 Å². The first-order valence-corrected chi connectivity index (χ1v) is 7.24. The fourth-order valence-corrected chi connectivity index (χ4v) is 2.14. The molecule has 0 N–H and O–H groups in total. The van der Waals surface area contributed by atoms with Gasteiger partial charge in [0.05, 0.1) is 15.4 Å². The van der Waals surface area contributed by atoms with Crippen molar-refractivity contribution in [3.63, 3.8) is 0 Å². The number of rotatable bonds is 5. The van der Waals surface area contributed by atoms with Crippen LogP contribution in [0.15, 0.2) is 53.1 Å². The van der Waals surface area contributed by atoms with Gasteiger partial charge >= 0.3 is 5.97 Å². The predicted molar refractivity (Wildman–Crippen MR) is 88.2 cm³/mol. The van der Waals surface area contributed by atoms with Crippen molar-refractivity contribution in [2.45, 2.75) is 0 Å². The first kappa shape index (κ1) is 17.3. The minimum Gasteiger partial charge on any atom is -0.422 e. The number of nitro groups is 2. The van der Waals surface area contributed by atoms with E-state index in [9.17, 15) is 25.0 Å². The molecule has 0 aliphatic carbocycles. The Balaban J connectivity index is 2.25. The number of esters is 1. The topological polar surface area (TPSA) is 113 Å². The van der Waals surface area contributed by atoms with Crippen LogP contribution in [-0.2, 0) is 0 Å². The van der Waals surface area contributed by atoms with Crippen molar-refractivity contribution in [1.29, 1.82) is 0 Å². The van der Waals surface area contributed by atoms with Gasteiger partial charge in [0.25, 0.3) is 5.69 Å². The third kappa shape index (κ3) is 4.46. The van der Waals surface area contributed by atoms with E-state index < -0.39 is 15.8 Å². The lowest BCUT2D eigenvalue weighted by atomic mass is 10.2. The highest BCUT2D eigenvalue weighted by molar-refractivity contribution is 9.10. The van der Waals surface area contributed by atoms with Gasteiger partial charge in [-0.15, -0.1) is 0 Å². The van der Waals surface area contributed by atoms with E-state index in [4.69, 9.17) is 4.74 Å². The molecule has 2 aromatic carbocycles. The van der Waals surface area contributed by atoms with E-state index in [1.54, 1.807) is 12.1 Å². The highest BCUT2D eigenvalue weighted by Crippen LogP contribution is 2.25. The van der Waals surface area contributed by atoms with Gasteiger partial charge in [-0.3, -0.25) is 20.2 Å². The van der Waals surface area contributed by atoms with E-state index in [1.165, 1.54) is 36.4 Å². The average molecular weight is 393 g/mol. The fourth-order valence-electron chi connectivity index (χ4n) is 1.76. The second-order valence-electron chi connectivity index (χ2n) is 4.48. The quantitative estimate of drug-likeness (QED) is 0.330. The molecule has 24 heavy (non-hydrogen) atoms. The third-order valence-corrected chi connectivity index (χ3v) is 3.36. The van der Waals surface area contributed by atoms with E-state index in [0.29, 0.717) is 10.0 Å². The molecule has 0 aromatic heterocycles. The standard InChI is InChI=1S/C15H9BrN2O6/c16-12-3-6-14(11(9-12)7-8-17(20)21)24-15(19)10-1-4-13(5-2-10)18(22)23/h1-9H/b8-7+. The van der Waals surface area contributed by atoms with E-state index in [-0.39, 0.29) is 17.0 Å². The maximum Gasteiger partial charge on any atom is 0.343 e. The molecule has 9 heteroatoms. The number of ether oxygens (including phenoxy) is 1. The Hall–Kier alpha value is -3.07. The van der Waals surface area contributed by atoms with Crippen LogP contribution in [-0.4, -0.2) is 15.8 Å². The van der Waals surface area contributed by atoms with Crippen molar-refractivity contribution in [3.05, 3.63) is 84.5 Å². The first-order chi connectivity index (χ1) is 11.4. The molecule has 0 aliphatic heterocycles. The second-order valence-corrected chi connectivity index (χ2v) is 5.39. The van der Waals surface area contributed by atoms with Crippen LogP contribution < -0.4 is 4.74 Å². The van der Waals surface area contributed by atoms with Crippen LogP contribution >= 0.6 is 15.9 Å². The SMILES string of the molecule is O=C(Oc1ccc(Br)cc1/C=C/[N+](=O)[O-])c1ccc([N+](=O)[O-])cc1. The molecule has 0 heterocycles. The van der Waals surface area contributed by atoms with Gasteiger partial charge in [0.1, 0.15) is 5.75 Å². The van der Waals surface area contributed by atoms with Crippen molar-refractivity contribution in [1.82, 2.24) is 0 Å². The summed E-state index contributed by atoms with van der Waals surface area (Å²) in [5, 5.41) is 21.0. The van der Waals surface area contributed by atoms with Crippen LogP contribution in [0.1, 0.15) is 15.9 Å². The Labute approximate surface area is 143 Å². The van der Waals surface area contributed by atoms with Crippen LogP contribution in [0.2, 0.25) is 0 Å². The van der Waals surface area contributed by atoms with Crippen LogP contribution in [0.3, 0.4) is 0 Å². The Morgan fingerprint density at radius 1 is 1.08 bits per heavy atom. The summed E-state index contributed by atoms with van der Waals surface area (Å²) in [5.41, 5.74) is 0.300. The van der Waals surface area contributed by atoms with Gasteiger partial charge < -0.3 is 4.74 Å². The molecular formula is C15H9BrN2O6. The molecule has 0 amide bonds. The molecule has 2 aromatic rings. The number of carbonyl (C=O) groups excluding carboxylic acids is 1. The molecule has 2 rings (SSSR count). The summed E-state index contributed by atoms with van der Waals surface area (Å²) in [6, 6.07) is 9.56. The molecule has 0 saturated carbocycles. The van der Waals surface area contributed by atoms with Gasteiger partial charge in [-0.1, -0.05) is 15.9 Å². The minimum atomic E-state index is -0.733. The lowest BCUT2D eigenvalue weighted by Gasteiger charge is -2.07. The van der Waals surface area contributed by atoms with Gasteiger partial charge in [-0.2, -0.15) is 0 Å². The van der Waals surface area contributed by atoms with Crippen LogP contribution in [0.4, 0.5) is 5.69 Å². The van der Waals surface area contributed by atoms with Gasteiger partial charge in [0.15, 0.2) is 0 Å². The number of hydrogen-bond donors (Lipinski definition) is 0. The lowest BCUT2D eigenvalue weighted by Crippen LogP contribution is -2.09. The Bertz CT molecular complexity index is 832. The summed E-state index contributed by atoms with van der Waals surface area (Å²) in [5.74, 6) is -0.609. The Morgan fingerprint density at radius 2 is 1.75 bits per heavy atom. The lowest BCUT2D eigenvalue weighted by molar-refractivity contribution is -0.400. The normalized spacial score (nSPS) is 10.5. The zero-order valence-corrected chi connectivity index (χ0v) is 13.5. The highest BCUT2D eigenvalue weighted by atomic mass is 79.9. The van der Waals surface area contributed by atoms with Crippen LogP contribution in [0.5, 0.6) is 5.75 Å². The highest BCUT2D eigenvalue weighted by Gasteiger charge is 2.13. The largest absolute Gasteiger partial charge is 0.422 e. The Kier molecular flexibility index (Phi) is 5.38. The summed E-state index contributed by atoms with van der Waals surface area (Å²) >= 11 is 3.23. The van der Waals surface area contributed by atoms with Crippen LogP contribution in [0.25, 0.3) is 6.08 Å². The zero-order chi connectivity index (χ0) is 17.7. The molecule has 0 atom stereocenters. The number of halogens is 1. The average Bonchev–Trinajstić information content (AvgIpc) is 2.55. The third-order valence-electron chi connectivity index (χ3n) is 2.86. The van der Waals surface area contributed by atoms with Crippen molar-refractivity contribution < 1.29 is 19.4 Å². The summed E-state index contributed by atoms with van der Waals surface area (Å²) < 4.78 is 5.87. The van der Waals surface area contributed by atoms with E-state index >= 15 is 0 Å². The number of nitrogens with zero attached hydrogens (tertiary/aromatic N) is 2. The van der Waals surface area contributed by atoms with E-state index in [2.05, 4.69) is 15.9 Å². The van der Waals surface area contributed by atoms with Crippen molar-refractivity contribution in [3.8, 4) is 5.75 Å². The van der Waals surface area contributed by atoms with E-state index in [0.717, 1.165) is 6.20 Å². The fraction of sp³-hybridized carbons (Fsp3) is 0. The molecule has 122 valence electrons. The molecule has 0 bridgehead atoms. The second kappa shape index (κ2) is 7.47. The van der Waals surface area contributed by atoms with E-state index in [1.807, 2.05) is 0 Å². The molecule has 0 saturated heterocycles. The summed E-state index contributed by atoms with van der Waals surface area (Å²) in [6.45, 7) is 0.